The zero-order valence-corrected chi connectivity index (χ0v) is 16.9. The molecular weight excluding hydrogens is 366 g/mol. The van der Waals surface area contributed by atoms with Crippen molar-refractivity contribution in [3.05, 3.63) is 47.7 Å². The molecular formula is C22H27N5O2. The summed E-state index contributed by atoms with van der Waals surface area (Å²) >= 11 is 0. The van der Waals surface area contributed by atoms with Gasteiger partial charge in [0.1, 0.15) is 5.69 Å². The summed E-state index contributed by atoms with van der Waals surface area (Å²) in [4.78, 5) is 21.8. The van der Waals surface area contributed by atoms with Crippen LogP contribution in [0, 0.1) is 0 Å². The summed E-state index contributed by atoms with van der Waals surface area (Å²) in [6, 6.07) is 8.11. The highest BCUT2D eigenvalue weighted by molar-refractivity contribution is 5.94. The number of rotatable bonds is 4. The third-order valence-corrected chi connectivity index (χ3v) is 6.41. The summed E-state index contributed by atoms with van der Waals surface area (Å²) in [6.07, 6.45) is 5.78. The highest BCUT2D eigenvalue weighted by atomic mass is 16.5. The minimum Gasteiger partial charge on any atom is -0.356 e. The minimum absolute atomic E-state index is 0.126. The van der Waals surface area contributed by atoms with E-state index in [-0.39, 0.29) is 5.91 Å². The Morgan fingerprint density at radius 1 is 1.14 bits per heavy atom. The van der Waals surface area contributed by atoms with Gasteiger partial charge in [0.2, 0.25) is 0 Å². The Morgan fingerprint density at radius 2 is 1.97 bits per heavy atom. The second kappa shape index (κ2) is 7.63. The Kier molecular flexibility index (Phi) is 4.83. The van der Waals surface area contributed by atoms with Crippen molar-refractivity contribution in [2.45, 2.75) is 31.6 Å². The van der Waals surface area contributed by atoms with Gasteiger partial charge in [-0.05, 0) is 50.9 Å². The second-order valence-corrected chi connectivity index (χ2v) is 8.23. The highest BCUT2D eigenvalue weighted by Crippen LogP contribution is 2.32. The normalized spacial score (nSPS) is 18.9. The number of fused-ring (bicyclic) bond motifs is 2. The first-order chi connectivity index (χ1) is 14.2. The fraction of sp³-hybridized carbons (Fsp3) is 0.500. The van der Waals surface area contributed by atoms with Crippen LogP contribution in [0.5, 0.6) is 0 Å². The molecule has 0 saturated carbocycles. The molecule has 29 heavy (non-hydrogen) atoms. The molecule has 1 fully saturated rings. The van der Waals surface area contributed by atoms with Crippen molar-refractivity contribution >= 4 is 16.9 Å². The quantitative estimate of drug-likeness (QED) is 0.682. The molecule has 0 atom stereocenters. The molecule has 0 radical (unpaired) electrons. The SMILES string of the molecule is Cn1cnc2c1C(=O)N(CCN1CCC(c3noc4ccccc34)CC1)CCC2. The largest absolute Gasteiger partial charge is 0.356 e. The van der Waals surface area contributed by atoms with E-state index in [1.165, 1.54) is 0 Å². The van der Waals surface area contributed by atoms with E-state index >= 15 is 0 Å². The van der Waals surface area contributed by atoms with Crippen molar-refractivity contribution in [2.24, 2.45) is 7.05 Å². The fourth-order valence-corrected chi connectivity index (χ4v) is 4.73. The van der Waals surface area contributed by atoms with Crippen molar-refractivity contribution in [1.29, 1.82) is 0 Å². The van der Waals surface area contributed by atoms with Gasteiger partial charge in [-0.2, -0.15) is 0 Å². The number of amides is 1. The van der Waals surface area contributed by atoms with Crippen molar-refractivity contribution < 1.29 is 9.32 Å². The van der Waals surface area contributed by atoms with Crippen LogP contribution in [0.1, 0.15) is 47.1 Å². The molecule has 0 aliphatic carbocycles. The Hall–Kier alpha value is -2.67. The van der Waals surface area contributed by atoms with Crippen molar-refractivity contribution in [3.8, 4) is 0 Å². The molecule has 1 amide bonds. The number of likely N-dealkylation sites (tertiary alicyclic amines) is 1. The molecule has 152 valence electrons. The van der Waals surface area contributed by atoms with E-state index in [2.05, 4.69) is 21.1 Å². The van der Waals surface area contributed by atoms with Crippen LogP contribution in [0.2, 0.25) is 0 Å². The van der Waals surface area contributed by atoms with Crippen molar-refractivity contribution in [3.63, 3.8) is 0 Å². The Morgan fingerprint density at radius 3 is 2.83 bits per heavy atom. The van der Waals surface area contributed by atoms with E-state index in [1.54, 1.807) is 6.33 Å². The van der Waals surface area contributed by atoms with Gasteiger partial charge in [0, 0.05) is 38.0 Å². The van der Waals surface area contributed by atoms with E-state index in [9.17, 15) is 4.79 Å². The number of nitrogens with zero attached hydrogens (tertiary/aromatic N) is 5. The Balaban J connectivity index is 1.18. The van der Waals surface area contributed by atoms with Gasteiger partial charge < -0.3 is 18.9 Å². The van der Waals surface area contributed by atoms with Crippen LogP contribution in [0.15, 0.2) is 35.1 Å². The number of hydrogen-bond donors (Lipinski definition) is 0. The third-order valence-electron chi connectivity index (χ3n) is 6.41. The number of imidazole rings is 1. The average molecular weight is 393 g/mol. The number of aromatic nitrogens is 3. The van der Waals surface area contributed by atoms with Gasteiger partial charge in [-0.25, -0.2) is 4.98 Å². The summed E-state index contributed by atoms with van der Waals surface area (Å²) in [5, 5.41) is 5.50. The lowest BCUT2D eigenvalue weighted by molar-refractivity contribution is 0.0723. The average Bonchev–Trinajstić information content (AvgIpc) is 3.29. The van der Waals surface area contributed by atoms with E-state index < -0.39 is 0 Å². The summed E-state index contributed by atoms with van der Waals surface area (Å²) in [6.45, 7) is 4.58. The van der Waals surface area contributed by atoms with Crippen LogP contribution >= 0.6 is 0 Å². The standard InChI is InChI=1S/C22H27N5O2/c1-25-15-23-18-6-4-10-27(22(28)21(18)25)14-13-26-11-8-16(9-12-26)20-17-5-2-3-7-19(17)29-24-20/h2-3,5,7,15-16H,4,6,8-14H2,1H3. The first kappa shape index (κ1) is 18.4. The summed E-state index contributed by atoms with van der Waals surface area (Å²) in [5.41, 5.74) is 3.69. The maximum Gasteiger partial charge on any atom is 0.272 e. The lowest BCUT2D eigenvalue weighted by atomic mass is 9.91. The van der Waals surface area contributed by atoms with Crippen LogP contribution in [0.25, 0.3) is 11.0 Å². The molecule has 7 heteroatoms. The van der Waals surface area contributed by atoms with E-state index in [0.717, 1.165) is 86.5 Å². The van der Waals surface area contributed by atoms with Crippen LogP contribution in [-0.2, 0) is 13.5 Å². The predicted molar refractivity (Wildman–Crippen MR) is 110 cm³/mol. The number of piperidine rings is 1. The molecule has 1 saturated heterocycles. The zero-order chi connectivity index (χ0) is 19.8. The second-order valence-electron chi connectivity index (χ2n) is 8.23. The van der Waals surface area contributed by atoms with Crippen LogP contribution in [0.4, 0.5) is 0 Å². The number of para-hydroxylation sites is 1. The van der Waals surface area contributed by atoms with Gasteiger partial charge in [0.15, 0.2) is 5.58 Å². The molecule has 1 aromatic carbocycles. The number of aryl methyl sites for hydroxylation is 2. The Labute approximate surface area is 170 Å². The summed E-state index contributed by atoms with van der Waals surface area (Å²) in [5.74, 6) is 0.577. The summed E-state index contributed by atoms with van der Waals surface area (Å²) in [7, 11) is 1.91. The molecule has 4 heterocycles. The van der Waals surface area contributed by atoms with Crippen LogP contribution < -0.4 is 0 Å². The number of hydrogen-bond acceptors (Lipinski definition) is 5. The maximum atomic E-state index is 13.0. The molecule has 0 N–H and O–H groups in total. The number of carbonyl (C=O) groups is 1. The number of carbonyl (C=O) groups excluding carboxylic acids is 1. The predicted octanol–water partition coefficient (Wildman–Crippen LogP) is 2.83. The molecule has 3 aromatic rings. The van der Waals surface area contributed by atoms with E-state index in [1.807, 2.05) is 34.7 Å². The molecule has 0 unspecified atom stereocenters. The highest BCUT2D eigenvalue weighted by Gasteiger charge is 2.28. The molecule has 2 aliphatic rings. The van der Waals surface area contributed by atoms with E-state index in [4.69, 9.17) is 4.52 Å². The molecule has 2 aliphatic heterocycles. The molecule has 0 bridgehead atoms. The lowest BCUT2D eigenvalue weighted by Crippen LogP contribution is -2.41. The monoisotopic (exact) mass is 393 g/mol. The van der Waals surface area contributed by atoms with Gasteiger partial charge in [-0.15, -0.1) is 0 Å². The summed E-state index contributed by atoms with van der Waals surface area (Å²) < 4.78 is 7.36. The van der Waals surface area contributed by atoms with Gasteiger partial charge in [0.25, 0.3) is 5.91 Å². The Bertz CT molecular complexity index is 1020. The lowest BCUT2D eigenvalue weighted by Gasteiger charge is -2.33. The van der Waals surface area contributed by atoms with Gasteiger partial charge >= 0.3 is 0 Å². The molecule has 5 rings (SSSR count). The third kappa shape index (κ3) is 3.44. The molecule has 2 aromatic heterocycles. The van der Waals surface area contributed by atoms with Gasteiger partial charge in [-0.1, -0.05) is 17.3 Å². The molecule has 7 nitrogen and oxygen atoms in total. The van der Waals surface area contributed by atoms with E-state index in [0.29, 0.717) is 5.92 Å². The fourth-order valence-electron chi connectivity index (χ4n) is 4.73. The van der Waals surface area contributed by atoms with Crippen LogP contribution in [-0.4, -0.2) is 63.1 Å². The topological polar surface area (TPSA) is 67.4 Å². The zero-order valence-electron chi connectivity index (χ0n) is 16.9. The maximum absolute atomic E-state index is 13.0. The van der Waals surface area contributed by atoms with Gasteiger partial charge in [0.05, 0.1) is 17.7 Å². The van der Waals surface area contributed by atoms with Crippen molar-refractivity contribution in [2.75, 3.05) is 32.7 Å². The molecule has 0 spiro atoms. The first-order valence-corrected chi connectivity index (χ1v) is 10.6. The van der Waals surface area contributed by atoms with Crippen molar-refractivity contribution in [1.82, 2.24) is 24.5 Å². The number of benzene rings is 1. The van der Waals surface area contributed by atoms with Gasteiger partial charge in [-0.3, -0.25) is 4.79 Å². The van der Waals surface area contributed by atoms with Crippen LogP contribution in [0.3, 0.4) is 0 Å². The minimum atomic E-state index is 0.126. The smallest absolute Gasteiger partial charge is 0.272 e. The first-order valence-electron chi connectivity index (χ1n) is 10.6.